The molecule has 0 aromatic heterocycles. The molecule has 0 aromatic rings. The molecule has 0 aromatic carbocycles. The Morgan fingerprint density at radius 2 is 2.06 bits per heavy atom. The molecule has 1 heterocycles. The quantitative estimate of drug-likeness (QED) is 0.537. The van der Waals surface area contributed by atoms with Gasteiger partial charge in [0.05, 0.1) is 6.61 Å². The lowest BCUT2D eigenvalue weighted by molar-refractivity contribution is -0.198. The van der Waals surface area contributed by atoms with Crippen LogP contribution in [0.5, 0.6) is 0 Å². The number of amides is 1. The molecule has 18 heavy (non-hydrogen) atoms. The molecule has 5 heteroatoms. The van der Waals surface area contributed by atoms with Gasteiger partial charge in [-0.2, -0.15) is 0 Å². The molecule has 1 atom stereocenters. The van der Waals surface area contributed by atoms with Crippen LogP contribution in [0.4, 0.5) is 0 Å². The zero-order valence-electron chi connectivity index (χ0n) is 11.5. The second-order valence-electron chi connectivity index (χ2n) is 4.48. The van der Waals surface area contributed by atoms with Crippen LogP contribution in [0.15, 0.2) is 0 Å². The first-order chi connectivity index (χ1) is 8.58. The third kappa shape index (κ3) is 3.02. The molecule has 5 nitrogen and oxygen atoms in total. The van der Waals surface area contributed by atoms with Gasteiger partial charge in [0, 0.05) is 26.5 Å². The molecule has 0 aliphatic carbocycles. The molecule has 1 fully saturated rings. The first-order valence-electron chi connectivity index (χ1n) is 6.68. The molecule has 0 radical (unpaired) electrons. The van der Waals surface area contributed by atoms with E-state index in [0.29, 0.717) is 26.2 Å². The van der Waals surface area contributed by atoms with E-state index in [4.69, 9.17) is 9.47 Å². The van der Waals surface area contributed by atoms with Gasteiger partial charge in [0.2, 0.25) is 11.6 Å². The van der Waals surface area contributed by atoms with E-state index in [-0.39, 0.29) is 5.91 Å². The Labute approximate surface area is 108 Å². The Morgan fingerprint density at radius 1 is 1.33 bits per heavy atom. The van der Waals surface area contributed by atoms with E-state index in [1.54, 1.807) is 0 Å². The van der Waals surface area contributed by atoms with E-state index < -0.39 is 11.7 Å². The average molecular weight is 257 g/mol. The highest BCUT2D eigenvalue weighted by Crippen LogP contribution is 2.32. The van der Waals surface area contributed by atoms with Gasteiger partial charge in [0.25, 0.3) is 0 Å². The molecular weight excluding hydrogens is 234 g/mol. The molecule has 1 aliphatic rings. The first kappa shape index (κ1) is 15.0. The number of nitrogens with zero attached hydrogens (tertiary/aromatic N) is 1. The van der Waals surface area contributed by atoms with Crippen LogP contribution in [-0.4, -0.2) is 42.3 Å². The molecule has 0 spiro atoms. The summed E-state index contributed by atoms with van der Waals surface area (Å²) in [7, 11) is 0. The Kier molecular flexibility index (Phi) is 5.59. The van der Waals surface area contributed by atoms with Gasteiger partial charge in [-0.05, 0) is 19.8 Å². The summed E-state index contributed by atoms with van der Waals surface area (Å²) in [5.74, 6) is -0.570. The fourth-order valence-corrected chi connectivity index (χ4v) is 2.29. The Morgan fingerprint density at radius 3 is 2.61 bits per heavy atom. The minimum absolute atomic E-state index is 0.145. The van der Waals surface area contributed by atoms with E-state index in [1.165, 1.54) is 11.8 Å². The van der Waals surface area contributed by atoms with E-state index in [1.807, 2.05) is 13.8 Å². The maximum Gasteiger partial charge on any atom is 0.360 e. The molecule has 0 saturated carbocycles. The fourth-order valence-electron chi connectivity index (χ4n) is 2.29. The van der Waals surface area contributed by atoms with Crippen molar-refractivity contribution in [2.45, 2.75) is 52.2 Å². The van der Waals surface area contributed by atoms with Gasteiger partial charge in [-0.15, -0.1) is 0 Å². The Hall–Kier alpha value is -1.10. The third-order valence-corrected chi connectivity index (χ3v) is 3.15. The number of ether oxygens (including phenoxy) is 2. The molecular formula is C13H23NO4. The van der Waals surface area contributed by atoms with Gasteiger partial charge in [0.1, 0.15) is 0 Å². The summed E-state index contributed by atoms with van der Waals surface area (Å²) in [5.41, 5.74) is -1.19. The lowest BCUT2D eigenvalue weighted by atomic mass is 10.1. The highest BCUT2D eigenvalue weighted by Gasteiger charge is 2.51. The summed E-state index contributed by atoms with van der Waals surface area (Å²) in [6.45, 7) is 6.63. The predicted octanol–water partition coefficient (Wildman–Crippen LogP) is 1.70. The smallest absolute Gasteiger partial charge is 0.360 e. The highest BCUT2D eigenvalue weighted by atomic mass is 16.6. The summed E-state index contributed by atoms with van der Waals surface area (Å²) in [4.78, 5) is 25.3. The number of esters is 1. The Bertz CT molecular complexity index is 305. The van der Waals surface area contributed by atoms with Gasteiger partial charge in [-0.3, -0.25) is 4.79 Å². The van der Waals surface area contributed by atoms with Gasteiger partial charge in [-0.1, -0.05) is 13.3 Å². The van der Waals surface area contributed by atoms with E-state index in [9.17, 15) is 9.59 Å². The van der Waals surface area contributed by atoms with Crippen molar-refractivity contribution in [2.75, 3.05) is 19.8 Å². The van der Waals surface area contributed by atoms with Crippen LogP contribution in [0.1, 0.15) is 46.5 Å². The predicted molar refractivity (Wildman–Crippen MR) is 66.8 cm³/mol. The fraction of sp³-hybridized carbons (Fsp3) is 0.846. The molecule has 1 rings (SSSR count). The summed E-state index contributed by atoms with van der Waals surface area (Å²) in [5, 5.41) is 0. The SMILES string of the molecule is CCCCOC(=O)[C@]1(OCC)CCCN1C(C)=O. The van der Waals surface area contributed by atoms with Crippen molar-refractivity contribution in [2.24, 2.45) is 0 Å². The van der Waals surface area contributed by atoms with Crippen molar-refractivity contribution in [1.29, 1.82) is 0 Å². The zero-order valence-corrected chi connectivity index (χ0v) is 11.5. The van der Waals surface area contributed by atoms with Crippen LogP contribution in [0.25, 0.3) is 0 Å². The lowest BCUT2D eigenvalue weighted by Crippen LogP contribution is -2.55. The summed E-state index contributed by atoms with van der Waals surface area (Å²) in [6.07, 6.45) is 3.08. The lowest BCUT2D eigenvalue weighted by Gasteiger charge is -2.35. The molecule has 0 bridgehead atoms. The zero-order chi connectivity index (χ0) is 13.6. The third-order valence-electron chi connectivity index (χ3n) is 3.15. The van der Waals surface area contributed by atoms with Crippen LogP contribution in [0.3, 0.4) is 0 Å². The van der Waals surface area contributed by atoms with Crippen molar-refractivity contribution >= 4 is 11.9 Å². The maximum absolute atomic E-state index is 12.2. The number of likely N-dealkylation sites (tertiary alicyclic amines) is 1. The number of hydrogen-bond acceptors (Lipinski definition) is 4. The average Bonchev–Trinajstić information content (AvgIpc) is 2.75. The van der Waals surface area contributed by atoms with Crippen LogP contribution in [0, 0.1) is 0 Å². The van der Waals surface area contributed by atoms with Gasteiger partial charge >= 0.3 is 5.97 Å². The molecule has 104 valence electrons. The molecule has 0 N–H and O–H groups in total. The normalized spacial score (nSPS) is 23.2. The first-order valence-corrected chi connectivity index (χ1v) is 6.68. The topological polar surface area (TPSA) is 55.8 Å². The van der Waals surface area contributed by atoms with Crippen molar-refractivity contribution in [3.63, 3.8) is 0 Å². The molecule has 0 unspecified atom stereocenters. The van der Waals surface area contributed by atoms with Gasteiger partial charge < -0.3 is 14.4 Å². The monoisotopic (exact) mass is 257 g/mol. The number of unbranched alkanes of at least 4 members (excludes halogenated alkanes) is 1. The summed E-state index contributed by atoms with van der Waals surface area (Å²) < 4.78 is 10.8. The van der Waals surface area contributed by atoms with Crippen molar-refractivity contribution in [1.82, 2.24) is 4.90 Å². The van der Waals surface area contributed by atoms with Crippen LogP contribution >= 0.6 is 0 Å². The second-order valence-corrected chi connectivity index (χ2v) is 4.48. The summed E-state index contributed by atoms with van der Waals surface area (Å²) >= 11 is 0. The van der Waals surface area contributed by atoms with E-state index >= 15 is 0 Å². The van der Waals surface area contributed by atoms with Crippen molar-refractivity contribution in [3.05, 3.63) is 0 Å². The maximum atomic E-state index is 12.2. The Balaban J connectivity index is 2.78. The second kappa shape index (κ2) is 6.73. The van der Waals surface area contributed by atoms with Gasteiger partial charge in [0.15, 0.2) is 0 Å². The van der Waals surface area contributed by atoms with E-state index in [2.05, 4.69) is 0 Å². The van der Waals surface area contributed by atoms with E-state index in [0.717, 1.165) is 19.3 Å². The minimum atomic E-state index is -1.19. The molecule has 1 saturated heterocycles. The largest absolute Gasteiger partial charge is 0.462 e. The number of carbonyl (C=O) groups is 2. The number of carbonyl (C=O) groups excluding carboxylic acids is 2. The molecule has 1 amide bonds. The summed E-state index contributed by atoms with van der Waals surface area (Å²) in [6, 6.07) is 0. The molecule has 1 aliphatic heterocycles. The van der Waals surface area contributed by atoms with Crippen LogP contribution in [0.2, 0.25) is 0 Å². The van der Waals surface area contributed by atoms with Crippen LogP contribution in [-0.2, 0) is 19.1 Å². The minimum Gasteiger partial charge on any atom is -0.462 e. The van der Waals surface area contributed by atoms with Crippen LogP contribution < -0.4 is 0 Å². The highest BCUT2D eigenvalue weighted by molar-refractivity contribution is 5.86. The standard InChI is InChI=1S/C13H23NO4/c1-4-6-10-17-12(16)13(18-5-2)8-7-9-14(13)11(3)15/h4-10H2,1-3H3/t13-/m1/s1. The van der Waals surface area contributed by atoms with Gasteiger partial charge in [-0.25, -0.2) is 4.79 Å². The number of hydrogen-bond donors (Lipinski definition) is 0. The van der Waals surface area contributed by atoms with Crippen molar-refractivity contribution < 1.29 is 19.1 Å². The number of rotatable bonds is 6. The van der Waals surface area contributed by atoms with Crippen molar-refractivity contribution in [3.8, 4) is 0 Å².